The maximum absolute atomic E-state index is 12.4. The first-order valence-corrected chi connectivity index (χ1v) is 6.43. The minimum Gasteiger partial charge on any atom is -0.381 e. The van der Waals surface area contributed by atoms with Crippen molar-refractivity contribution >= 4 is 5.91 Å². The highest BCUT2D eigenvalue weighted by Crippen LogP contribution is 2.16. The maximum atomic E-state index is 12.4. The van der Waals surface area contributed by atoms with Crippen molar-refractivity contribution in [3.63, 3.8) is 0 Å². The van der Waals surface area contributed by atoms with Crippen LogP contribution in [0, 0.1) is 5.92 Å². The van der Waals surface area contributed by atoms with E-state index in [1.165, 1.54) is 6.33 Å². The van der Waals surface area contributed by atoms with Crippen molar-refractivity contribution in [3.8, 4) is 0 Å². The number of ether oxygens (including phenoxy) is 1. The monoisotopic (exact) mass is 252 g/mol. The van der Waals surface area contributed by atoms with Crippen molar-refractivity contribution in [2.24, 2.45) is 5.92 Å². The topological polar surface area (TPSA) is 60.2 Å². The Bertz CT molecular complexity index is 373. The normalized spacial score (nSPS) is 20.9. The van der Waals surface area contributed by atoms with E-state index >= 15 is 0 Å². The van der Waals surface area contributed by atoms with Crippen LogP contribution in [0.1, 0.15) is 26.3 Å². The van der Waals surface area contributed by atoms with Crippen LogP contribution in [0.5, 0.6) is 0 Å². The zero-order valence-electron chi connectivity index (χ0n) is 11.0. The Kier molecular flexibility index (Phi) is 4.30. The molecule has 1 fully saturated rings. The lowest BCUT2D eigenvalue weighted by Crippen LogP contribution is -2.39. The molecule has 0 aliphatic carbocycles. The van der Waals surface area contributed by atoms with Gasteiger partial charge in [0.05, 0.1) is 6.61 Å². The van der Waals surface area contributed by atoms with Gasteiger partial charge in [0.25, 0.3) is 0 Å². The standard InChI is InChI=1S/C12H20N4O2/c1-3-15(6-11-4-5-18-7-11)12(17)10(2)16-9-13-8-14-16/h8-11H,3-7H2,1-2H3/t10-,11+/m0/s1. The van der Waals surface area contributed by atoms with Gasteiger partial charge in [-0.2, -0.15) is 5.10 Å². The minimum absolute atomic E-state index is 0.0925. The molecule has 2 heterocycles. The van der Waals surface area contributed by atoms with E-state index in [4.69, 9.17) is 4.74 Å². The SMILES string of the molecule is CCN(C[C@H]1CCOC1)C(=O)[C@H](C)n1cncn1. The number of amides is 1. The molecule has 0 bridgehead atoms. The second-order valence-electron chi connectivity index (χ2n) is 4.66. The lowest BCUT2D eigenvalue weighted by Gasteiger charge is -2.26. The Morgan fingerprint density at radius 2 is 2.50 bits per heavy atom. The van der Waals surface area contributed by atoms with Crippen molar-refractivity contribution in [2.75, 3.05) is 26.3 Å². The Labute approximate surface area is 107 Å². The molecule has 6 heteroatoms. The van der Waals surface area contributed by atoms with Crippen LogP contribution < -0.4 is 0 Å². The van der Waals surface area contributed by atoms with Crippen LogP contribution in [-0.4, -0.2) is 51.9 Å². The van der Waals surface area contributed by atoms with Crippen LogP contribution in [0.25, 0.3) is 0 Å². The number of hydrogen-bond donors (Lipinski definition) is 0. The predicted molar refractivity (Wildman–Crippen MR) is 65.9 cm³/mol. The second-order valence-corrected chi connectivity index (χ2v) is 4.66. The number of nitrogens with zero attached hydrogens (tertiary/aromatic N) is 4. The van der Waals surface area contributed by atoms with Crippen molar-refractivity contribution in [1.29, 1.82) is 0 Å². The highest BCUT2D eigenvalue weighted by Gasteiger charge is 2.25. The molecule has 0 unspecified atom stereocenters. The summed E-state index contributed by atoms with van der Waals surface area (Å²) in [6.07, 6.45) is 4.07. The van der Waals surface area contributed by atoms with Gasteiger partial charge in [-0.3, -0.25) is 4.79 Å². The quantitative estimate of drug-likeness (QED) is 0.775. The molecule has 0 N–H and O–H groups in total. The van der Waals surface area contributed by atoms with E-state index in [0.717, 1.165) is 26.2 Å². The number of likely N-dealkylation sites (N-methyl/N-ethyl adjacent to an activating group) is 1. The van der Waals surface area contributed by atoms with Crippen molar-refractivity contribution in [3.05, 3.63) is 12.7 Å². The first kappa shape index (κ1) is 13.0. The van der Waals surface area contributed by atoms with E-state index in [2.05, 4.69) is 10.1 Å². The van der Waals surface area contributed by atoms with Crippen LogP contribution in [0.3, 0.4) is 0 Å². The molecule has 1 aromatic heterocycles. The van der Waals surface area contributed by atoms with Crippen LogP contribution in [0.2, 0.25) is 0 Å². The summed E-state index contributed by atoms with van der Waals surface area (Å²) in [7, 11) is 0. The van der Waals surface area contributed by atoms with Gasteiger partial charge in [-0.1, -0.05) is 0 Å². The van der Waals surface area contributed by atoms with Gasteiger partial charge in [-0.25, -0.2) is 9.67 Å². The fourth-order valence-corrected chi connectivity index (χ4v) is 2.21. The molecule has 1 aliphatic rings. The summed E-state index contributed by atoms with van der Waals surface area (Å²) in [5.74, 6) is 0.562. The zero-order valence-corrected chi connectivity index (χ0v) is 11.0. The predicted octanol–water partition coefficient (Wildman–Crippen LogP) is 0.724. The lowest BCUT2D eigenvalue weighted by molar-refractivity contribution is -0.135. The first-order valence-electron chi connectivity index (χ1n) is 6.43. The smallest absolute Gasteiger partial charge is 0.247 e. The summed E-state index contributed by atoms with van der Waals surface area (Å²) in [6.45, 7) is 6.92. The highest BCUT2D eigenvalue weighted by atomic mass is 16.5. The number of hydrogen-bond acceptors (Lipinski definition) is 4. The van der Waals surface area contributed by atoms with E-state index in [-0.39, 0.29) is 11.9 Å². The minimum atomic E-state index is -0.297. The van der Waals surface area contributed by atoms with Gasteiger partial charge in [-0.15, -0.1) is 0 Å². The molecule has 2 atom stereocenters. The van der Waals surface area contributed by atoms with E-state index < -0.39 is 0 Å². The average Bonchev–Trinajstić information content (AvgIpc) is 3.06. The van der Waals surface area contributed by atoms with Crippen LogP contribution in [-0.2, 0) is 9.53 Å². The van der Waals surface area contributed by atoms with Crippen molar-refractivity contribution < 1.29 is 9.53 Å². The largest absolute Gasteiger partial charge is 0.381 e. The third kappa shape index (κ3) is 2.87. The van der Waals surface area contributed by atoms with E-state index in [1.54, 1.807) is 11.0 Å². The summed E-state index contributed by atoms with van der Waals surface area (Å²) < 4.78 is 6.94. The molecule has 1 aromatic rings. The Balaban J connectivity index is 1.96. The molecule has 1 saturated heterocycles. The van der Waals surface area contributed by atoms with Crippen LogP contribution >= 0.6 is 0 Å². The Hall–Kier alpha value is -1.43. The molecule has 0 radical (unpaired) electrons. The Morgan fingerprint density at radius 1 is 1.67 bits per heavy atom. The van der Waals surface area contributed by atoms with Gasteiger partial charge in [-0.05, 0) is 20.3 Å². The van der Waals surface area contributed by atoms with E-state index in [9.17, 15) is 4.79 Å². The number of rotatable bonds is 5. The summed E-state index contributed by atoms with van der Waals surface area (Å²) >= 11 is 0. The zero-order chi connectivity index (χ0) is 13.0. The molecule has 0 spiro atoms. The van der Waals surface area contributed by atoms with Crippen molar-refractivity contribution in [2.45, 2.75) is 26.3 Å². The summed E-state index contributed by atoms with van der Waals surface area (Å²) in [6, 6.07) is -0.297. The van der Waals surface area contributed by atoms with Gasteiger partial charge in [0, 0.05) is 25.6 Å². The third-order valence-electron chi connectivity index (χ3n) is 3.39. The molecular weight excluding hydrogens is 232 g/mol. The van der Waals surface area contributed by atoms with Crippen molar-refractivity contribution in [1.82, 2.24) is 19.7 Å². The molecule has 0 aromatic carbocycles. The van der Waals surface area contributed by atoms with Gasteiger partial charge < -0.3 is 9.64 Å². The Morgan fingerprint density at radius 3 is 3.06 bits per heavy atom. The molecule has 100 valence electrons. The van der Waals surface area contributed by atoms with Gasteiger partial charge in [0.2, 0.25) is 5.91 Å². The third-order valence-corrected chi connectivity index (χ3v) is 3.39. The number of aromatic nitrogens is 3. The molecule has 0 saturated carbocycles. The fraction of sp³-hybridized carbons (Fsp3) is 0.750. The number of carbonyl (C=O) groups is 1. The first-order chi connectivity index (χ1) is 8.72. The van der Waals surface area contributed by atoms with Crippen LogP contribution in [0.4, 0.5) is 0 Å². The number of carbonyl (C=O) groups excluding carboxylic acids is 1. The summed E-state index contributed by atoms with van der Waals surface area (Å²) in [4.78, 5) is 18.1. The summed E-state index contributed by atoms with van der Waals surface area (Å²) in [5, 5.41) is 4.02. The second kappa shape index (κ2) is 5.95. The van der Waals surface area contributed by atoms with E-state index in [1.807, 2.05) is 18.7 Å². The van der Waals surface area contributed by atoms with Gasteiger partial charge >= 0.3 is 0 Å². The van der Waals surface area contributed by atoms with Gasteiger partial charge in [0.1, 0.15) is 18.7 Å². The average molecular weight is 252 g/mol. The fourth-order valence-electron chi connectivity index (χ4n) is 2.21. The lowest BCUT2D eigenvalue weighted by atomic mass is 10.1. The van der Waals surface area contributed by atoms with Gasteiger partial charge in [0.15, 0.2) is 0 Å². The highest BCUT2D eigenvalue weighted by molar-refractivity contribution is 5.79. The maximum Gasteiger partial charge on any atom is 0.247 e. The van der Waals surface area contributed by atoms with Crippen LogP contribution in [0.15, 0.2) is 12.7 Å². The molecule has 1 amide bonds. The molecule has 1 aliphatic heterocycles. The molecular formula is C12H20N4O2. The summed E-state index contributed by atoms with van der Waals surface area (Å²) in [5.41, 5.74) is 0. The molecule has 6 nitrogen and oxygen atoms in total. The van der Waals surface area contributed by atoms with E-state index in [0.29, 0.717) is 12.5 Å². The molecule has 18 heavy (non-hydrogen) atoms. The molecule has 2 rings (SSSR count).